The molecule has 0 saturated heterocycles. The lowest BCUT2D eigenvalue weighted by molar-refractivity contribution is 0.820. The van der Waals surface area contributed by atoms with Crippen LogP contribution in [0.4, 0.5) is 5.69 Å². The van der Waals surface area contributed by atoms with Crippen LogP contribution in [0.2, 0.25) is 0 Å². The van der Waals surface area contributed by atoms with E-state index in [9.17, 15) is 0 Å². The summed E-state index contributed by atoms with van der Waals surface area (Å²) in [6, 6.07) is 8.21. The Morgan fingerprint density at radius 2 is 2.19 bits per heavy atom. The fourth-order valence-corrected chi connectivity index (χ4v) is 1.87. The average molecular weight is 399 g/mol. The number of guanidine groups is 1. The molecule has 114 valence electrons. The van der Waals surface area contributed by atoms with E-state index in [0.717, 1.165) is 11.4 Å². The van der Waals surface area contributed by atoms with Crippen LogP contribution < -0.4 is 11.1 Å². The summed E-state index contributed by atoms with van der Waals surface area (Å²) in [5.41, 5.74) is 9.16. The highest BCUT2D eigenvalue weighted by molar-refractivity contribution is 14.0. The maximum atomic E-state index is 5.91. The van der Waals surface area contributed by atoms with Gasteiger partial charge in [-0.05, 0) is 23.6 Å². The number of nitrogens with two attached hydrogens (primary N) is 1. The van der Waals surface area contributed by atoms with Gasteiger partial charge in [0, 0.05) is 12.7 Å². The number of aliphatic imine (C=N–C) groups is 1. The summed E-state index contributed by atoms with van der Waals surface area (Å²) in [5.74, 6) is 0.900. The van der Waals surface area contributed by atoms with E-state index in [-0.39, 0.29) is 24.0 Å². The zero-order valence-electron chi connectivity index (χ0n) is 12.6. The number of aryl methyl sites for hydroxylation is 1. The number of benzene rings is 1. The topological polar surface area (TPSA) is 68.2 Å². The molecule has 0 spiro atoms. The first kappa shape index (κ1) is 17.5. The Hall–Kier alpha value is -1.57. The number of halogens is 1. The summed E-state index contributed by atoms with van der Waals surface area (Å²) in [6.07, 6.45) is 3.54. The highest BCUT2D eigenvalue weighted by Crippen LogP contribution is 2.18. The highest BCUT2D eigenvalue weighted by atomic mass is 127. The van der Waals surface area contributed by atoms with Crippen LogP contribution in [0.25, 0.3) is 0 Å². The molecule has 0 bridgehead atoms. The molecular formula is C15H22IN5. The van der Waals surface area contributed by atoms with E-state index < -0.39 is 0 Å². The molecule has 1 aromatic heterocycles. The molecule has 1 aromatic carbocycles. The van der Waals surface area contributed by atoms with Crippen molar-refractivity contribution >= 4 is 35.6 Å². The molecule has 0 aliphatic heterocycles. The summed E-state index contributed by atoms with van der Waals surface area (Å²) < 4.78 is 1.93. The van der Waals surface area contributed by atoms with Gasteiger partial charge in [0.15, 0.2) is 5.96 Å². The smallest absolute Gasteiger partial charge is 0.193 e. The first-order chi connectivity index (χ1) is 9.56. The van der Waals surface area contributed by atoms with Crippen LogP contribution in [0.15, 0.2) is 41.8 Å². The van der Waals surface area contributed by atoms with Crippen molar-refractivity contribution in [3.8, 4) is 0 Å². The second-order valence-corrected chi connectivity index (χ2v) is 5.10. The number of imidazole rings is 1. The molecule has 0 unspecified atom stereocenters. The molecule has 6 heteroatoms. The van der Waals surface area contributed by atoms with E-state index in [0.29, 0.717) is 18.4 Å². The fraction of sp³-hybridized carbons (Fsp3) is 0.333. The second kappa shape index (κ2) is 8.02. The summed E-state index contributed by atoms with van der Waals surface area (Å²) >= 11 is 0. The van der Waals surface area contributed by atoms with Gasteiger partial charge in [-0.15, -0.1) is 24.0 Å². The molecule has 0 saturated carbocycles. The van der Waals surface area contributed by atoms with Gasteiger partial charge in [-0.25, -0.2) is 9.98 Å². The Morgan fingerprint density at radius 1 is 1.43 bits per heavy atom. The van der Waals surface area contributed by atoms with Gasteiger partial charge in [0.25, 0.3) is 0 Å². The maximum absolute atomic E-state index is 5.91. The van der Waals surface area contributed by atoms with Crippen LogP contribution in [0.3, 0.4) is 0 Å². The number of hydrogen-bond donors (Lipinski definition) is 2. The molecule has 0 fully saturated rings. The lowest BCUT2D eigenvalue weighted by Gasteiger charge is -2.10. The minimum Gasteiger partial charge on any atom is -0.370 e. The Labute approximate surface area is 142 Å². The van der Waals surface area contributed by atoms with Crippen LogP contribution in [-0.4, -0.2) is 15.5 Å². The summed E-state index contributed by atoms with van der Waals surface area (Å²) in [6.45, 7) is 4.84. The van der Waals surface area contributed by atoms with Crippen LogP contribution in [0.1, 0.15) is 31.0 Å². The quantitative estimate of drug-likeness (QED) is 0.472. The molecule has 0 aliphatic rings. The molecule has 1 heterocycles. The molecule has 21 heavy (non-hydrogen) atoms. The minimum atomic E-state index is 0. The van der Waals surface area contributed by atoms with E-state index >= 15 is 0 Å². The Bertz CT molecular complexity index is 604. The molecule has 2 aromatic rings. The van der Waals surface area contributed by atoms with E-state index in [2.05, 4.69) is 41.3 Å². The predicted molar refractivity (Wildman–Crippen MR) is 98.1 cm³/mol. The molecule has 2 rings (SSSR count). The van der Waals surface area contributed by atoms with Gasteiger partial charge in [0.1, 0.15) is 0 Å². The van der Waals surface area contributed by atoms with Crippen LogP contribution in [0.5, 0.6) is 0 Å². The van der Waals surface area contributed by atoms with Crippen LogP contribution in [-0.2, 0) is 13.6 Å². The minimum absolute atomic E-state index is 0. The van der Waals surface area contributed by atoms with Crippen molar-refractivity contribution in [1.29, 1.82) is 0 Å². The first-order valence-corrected chi connectivity index (χ1v) is 6.68. The van der Waals surface area contributed by atoms with Gasteiger partial charge in [-0.3, -0.25) is 0 Å². The van der Waals surface area contributed by atoms with Gasteiger partial charge in [-0.2, -0.15) is 0 Å². The number of nitrogens with zero attached hydrogens (tertiary/aromatic N) is 3. The zero-order chi connectivity index (χ0) is 14.5. The predicted octanol–water partition coefficient (Wildman–Crippen LogP) is 3.09. The van der Waals surface area contributed by atoms with E-state index in [1.165, 1.54) is 5.56 Å². The average Bonchev–Trinajstić information content (AvgIpc) is 2.82. The van der Waals surface area contributed by atoms with Gasteiger partial charge in [0.2, 0.25) is 0 Å². The number of aromatic nitrogens is 2. The van der Waals surface area contributed by atoms with Gasteiger partial charge < -0.3 is 15.6 Å². The highest BCUT2D eigenvalue weighted by Gasteiger charge is 2.02. The molecule has 0 amide bonds. The number of nitrogens with one attached hydrogen (secondary N) is 1. The van der Waals surface area contributed by atoms with Gasteiger partial charge >= 0.3 is 0 Å². The normalized spacial score (nSPS) is 11.3. The summed E-state index contributed by atoms with van der Waals surface area (Å²) in [4.78, 5) is 8.37. The summed E-state index contributed by atoms with van der Waals surface area (Å²) in [7, 11) is 1.94. The Kier molecular flexibility index (Phi) is 6.67. The first-order valence-electron chi connectivity index (χ1n) is 6.68. The van der Waals surface area contributed by atoms with E-state index in [1.807, 2.05) is 23.7 Å². The standard InChI is InChI=1S/C15H21N5.HI/c1-11(2)12-5-4-6-13(7-12)19-15(16)18-9-14-8-17-10-20(14)3;/h4-8,10-11H,9H2,1-3H3,(H3,16,18,19);1H. The molecule has 3 N–H and O–H groups in total. The third-order valence-corrected chi connectivity index (χ3v) is 3.15. The summed E-state index contributed by atoms with van der Waals surface area (Å²) in [5, 5.41) is 3.12. The van der Waals surface area contributed by atoms with Gasteiger partial charge in [0.05, 0.1) is 24.8 Å². The van der Waals surface area contributed by atoms with Crippen molar-refractivity contribution in [2.75, 3.05) is 5.32 Å². The molecule has 0 aliphatic carbocycles. The Balaban J connectivity index is 0.00000220. The second-order valence-electron chi connectivity index (χ2n) is 5.10. The third kappa shape index (κ3) is 5.04. The van der Waals surface area contributed by atoms with Crippen LogP contribution >= 0.6 is 24.0 Å². The molecule has 0 radical (unpaired) electrons. The molecule has 0 atom stereocenters. The lowest BCUT2D eigenvalue weighted by Crippen LogP contribution is -2.22. The van der Waals surface area contributed by atoms with Crippen molar-refractivity contribution in [3.05, 3.63) is 48.0 Å². The largest absolute Gasteiger partial charge is 0.370 e. The molecule has 5 nitrogen and oxygen atoms in total. The monoisotopic (exact) mass is 399 g/mol. The third-order valence-electron chi connectivity index (χ3n) is 3.15. The fourth-order valence-electron chi connectivity index (χ4n) is 1.87. The van der Waals surface area contributed by atoms with E-state index in [1.54, 1.807) is 12.5 Å². The van der Waals surface area contributed by atoms with Crippen LogP contribution in [0, 0.1) is 0 Å². The molecular weight excluding hydrogens is 377 g/mol. The van der Waals surface area contributed by atoms with Crippen molar-refractivity contribution < 1.29 is 0 Å². The van der Waals surface area contributed by atoms with Crippen molar-refractivity contribution in [2.24, 2.45) is 17.8 Å². The van der Waals surface area contributed by atoms with Crippen molar-refractivity contribution in [1.82, 2.24) is 9.55 Å². The Morgan fingerprint density at radius 3 is 2.81 bits per heavy atom. The SMILES string of the molecule is CC(C)c1cccc(NC(N)=NCc2cncn2C)c1.I. The van der Waals surface area contributed by atoms with Gasteiger partial charge in [-0.1, -0.05) is 26.0 Å². The maximum Gasteiger partial charge on any atom is 0.193 e. The number of anilines is 1. The number of hydrogen-bond acceptors (Lipinski definition) is 2. The van der Waals surface area contributed by atoms with E-state index in [4.69, 9.17) is 5.73 Å². The zero-order valence-corrected chi connectivity index (χ0v) is 14.9. The van der Waals surface area contributed by atoms with Crippen molar-refractivity contribution in [3.63, 3.8) is 0 Å². The number of rotatable bonds is 4. The van der Waals surface area contributed by atoms with Crippen molar-refractivity contribution in [2.45, 2.75) is 26.3 Å². The lowest BCUT2D eigenvalue weighted by atomic mass is 10.0.